The Morgan fingerprint density at radius 1 is 1.70 bits per heavy atom. The zero-order valence-corrected chi connectivity index (χ0v) is 11.8. The Kier molecular flexibility index (Phi) is 4.51. The molecule has 8 heteroatoms. The topological polar surface area (TPSA) is 88.4 Å². The number of aromatic nitrogens is 1. The molecule has 0 aromatic carbocycles. The molecule has 108 valence electrons. The summed E-state index contributed by atoms with van der Waals surface area (Å²) in [6, 6.07) is 1.14. The quantitative estimate of drug-likeness (QED) is 0.514. The first-order valence-corrected chi connectivity index (χ1v) is 6.62. The predicted octanol–water partition coefficient (Wildman–Crippen LogP) is 1.32. The maximum Gasteiger partial charge on any atom is 0.288 e. The Morgan fingerprint density at radius 2 is 2.45 bits per heavy atom. The molecule has 1 aromatic heterocycles. The molecular formula is C12H15ClN4O3. The minimum absolute atomic E-state index is 0.0309. The lowest BCUT2D eigenvalue weighted by atomic mass is 10.1. The van der Waals surface area contributed by atoms with Gasteiger partial charge in [-0.15, -0.1) is 0 Å². The molecule has 0 aliphatic carbocycles. The third-order valence-electron chi connectivity index (χ3n) is 3.32. The highest BCUT2D eigenvalue weighted by Crippen LogP contribution is 2.19. The molecule has 1 fully saturated rings. The number of amides is 1. The van der Waals surface area contributed by atoms with Gasteiger partial charge in [-0.05, 0) is 25.9 Å². The van der Waals surface area contributed by atoms with Crippen molar-refractivity contribution in [2.24, 2.45) is 5.92 Å². The molecule has 20 heavy (non-hydrogen) atoms. The number of nitrogens with zero attached hydrogens (tertiary/aromatic N) is 3. The zero-order chi connectivity index (χ0) is 14.7. The summed E-state index contributed by atoms with van der Waals surface area (Å²) in [5.41, 5.74) is -0.215. The van der Waals surface area contributed by atoms with Crippen LogP contribution in [0.5, 0.6) is 0 Å². The van der Waals surface area contributed by atoms with Gasteiger partial charge in [-0.25, -0.2) is 4.98 Å². The molecule has 2 heterocycles. The zero-order valence-electron chi connectivity index (χ0n) is 11.0. The second-order valence-electron chi connectivity index (χ2n) is 4.92. The van der Waals surface area contributed by atoms with Crippen LogP contribution in [0.2, 0.25) is 5.15 Å². The van der Waals surface area contributed by atoms with Crippen LogP contribution in [0.4, 0.5) is 5.69 Å². The van der Waals surface area contributed by atoms with E-state index in [0.29, 0.717) is 12.5 Å². The van der Waals surface area contributed by atoms with Crippen molar-refractivity contribution >= 4 is 23.2 Å². The fourth-order valence-corrected chi connectivity index (χ4v) is 2.41. The number of nitrogens with one attached hydrogen (secondary N) is 1. The number of carbonyl (C=O) groups excluding carboxylic acids is 1. The molecule has 1 amide bonds. The van der Waals surface area contributed by atoms with Crippen LogP contribution < -0.4 is 5.32 Å². The number of hydrogen-bond donors (Lipinski definition) is 1. The van der Waals surface area contributed by atoms with Crippen molar-refractivity contribution in [3.05, 3.63) is 33.1 Å². The van der Waals surface area contributed by atoms with Gasteiger partial charge in [-0.2, -0.15) is 0 Å². The van der Waals surface area contributed by atoms with Gasteiger partial charge in [-0.1, -0.05) is 11.6 Å². The summed E-state index contributed by atoms with van der Waals surface area (Å²) in [6.45, 7) is 2.48. The molecular weight excluding hydrogens is 284 g/mol. The Labute approximate surface area is 121 Å². The largest absolute Gasteiger partial charge is 0.352 e. The first kappa shape index (κ1) is 14.7. The van der Waals surface area contributed by atoms with Crippen LogP contribution in [-0.4, -0.2) is 47.4 Å². The summed E-state index contributed by atoms with van der Waals surface area (Å²) in [6.07, 6.45) is 2.06. The predicted molar refractivity (Wildman–Crippen MR) is 73.8 cm³/mol. The van der Waals surface area contributed by atoms with Crippen LogP contribution in [-0.2, 0) is 0 Å². The fourth-order valence-electron chi connectivity index (χ4n) is 2.22. The van der Waals surface area contributed by atoms with Crippen LogP contribution >= 0.6 is 11.6 Å². The lowest BCUT2D eigenvalue weighted by Gasteiger charge is -2.12. The second kappa shape index (κ2) is 6.15. The first-order chi connectivity index (χ1) is 9.47. The summed E-state index contributed by atoms with van der Waals surface area (Å²) in [5, 5.41) is 13.4. The summed E-state index contributed by atoms with van der Waals surface area (Å²) < 4.78 is 0. The van der Waals surface area contributed by atoms with E-state index < -0.39 is 10.8 Å². The van der Waals surface area contributed by atoms with E-state index in [4.69, 9.17) is 11.6 Å². The van der Waals surface area contributed by atoms with Crippen LogP contribution in [0.1, 0.15) is 16.8 Å². The number of hydrogen-bond acceptors (Lipinski definition) is 5. The van der Waals surface area contributed by atoms with Gasteiger partial charge < -0.3 is 10.2 Å². The Bertz CT molecular complexity index is 537. The second-order valence-corrected chi connectivity index (χ2v) is 5.27. The highest BCUT2D eigenvalue weighted by atomic mass is 35.5. The van der Waals surface area contributed by atoms with Crippen LogP contribution in [0, 0.1) is 16.0 Å². The van der Waals surface area contributed by atoms with Crippen molar-refractivity contribution < 1.29 is 9.72 Å². The third-order valence-corrected chi connectivity index (χ3v) is 3.62. The van der Waals surface area contributed by atoms with Crippen molar-refractivity contribution in [2.45, 2.75) is 6.42 Å². The Balaban J connectivity index is 2.01. The van der Waals surface area contributed by atoms with Gasteiger partial charge >= 0.3 is 0 Å². The standard InChI is InChI=1S/C12H15ClN4O3/c1-16-3-2-8(7-16)5-15-12(18)10-4-9(17(19)20)6-14-11(10)13/h4,6,8H,2-3,5,7H2,1H3,(H,15,18). The minimum Gasteiger partial charge on any atom is -0.352 e. The third kappa shape index (κ3) is 3.43. The average molecular weight is 299 g/mol. The van der Waals surface area contributed by atoms with E-state index in [-0.39, 0.29) is 16.4 Å². The average Bonchev–Trinajstić information content (AvgIpc) is 2.82. The lowest BCUT2D eigenvalue weighted by molar-refractivity contribution is -0.385. The van der Waals surface area contributed by atoms with Gasteiger partial charge in [0.2, 0.25) is 0 Å². The summed E-state index contributed by atoms with van der Waals surface area (Å²) >= 11 is 5.81. The normalized spacial score (nSPS) is 19.0. The van der Waals surface area contributed by atoms with E-state index in [1.807, 2.05) is 7.05 Å². The molecule has 1 aliphatic heterocycles. The van der Waals surface area contributed by atoms with Crippen molar-refractivity contribution in [3.8, 4) is 0 Å². The summed E-state index contributed by atoms with van der Waals surface area (Å²) in [4.78, 5) is 27.9. The molecule has 0 bridgehead atoms. The van der Waals surface area contributed by atoms with Gasteiger partial charge in [0.05, 0.1) is 10.5 Å². The van der Waals surface area contributed by atoms with Crippen molar-refractivity contribution in [2.75, 3.05) is 26.7 Å². The molecule has 0 saturated carbocycles. The summed E-state index contributed by atoms with van der Waals surface area (Å²) in [7, 11) is 2.03. The number of carbonyl (C=O) groups is 1. The van der Waals surface area contributed by atoms with Crippen molar-refractivity contribution in [1.82, 2.24) is 15.2 Å². The number of rotatable bonds is 4. The maximum absolute atomic E-state index is 12.0. The molecule has 0 spiro atoms. The van der Waals surface area contributed by atoms with E-state index in [1.165, 1.54) is 0 Å². The van der Waals surface area contributed by atoms with Gasteiger partial charge in [0.25, 0.3) is 11.6 Å². The van der Waals surface area contributed by atoms with Gasteiger partial charge in [0.15, 0.2) is 0 Å². The van der Waals surface area contributed by atoms with Gasteiger partial charge in [-0.3, -0.25) is 14.9 Å². The lowest BCUT2D eigenvalue weighted by Crippen LogP contribution is -2.30. The van der Waals surface area contributed by atoms with Gasteiger partial charge in [0.1, 0.15) is 11.3 Å². The SMILES string of the molecule is CN1CCC(CNC(=O)c2cc([N+](=O)[O-])cnc2Cl)C1. The Hall–Kier alpha value is -1.73. The number of halogens is 1. The van der Waals surface area contributed by atoms with E-state index in [2.05, 4.69) is 15.2 Å². The van der Waals surface area contributed by atoms with Crippen LogP contribution in [0.15, 0.2) is 12.3 Å². The van der Waals surface area contributed by atoms with E-state index in [0.717, 1.165) is 31.8 Å². The molecule has 1 aliphatic rings. The van der Waals surface area contributed by atoms with Gasteiger partial charge in [0, 0.05) is 19.2 Å². The summed E-state index contributed by atoms with van der Waals surface area (Å²) in [5.74, 6) is -0.0323. The van der Waals surface area contributed by atoms with Crippen molar-refractivity contribution in [1.29, 1.82) is 0 Å². The van der Waals surface area contributed by atoms with Crippen molar-refractivity contribution in [3.63, 3.8) is 0 Å². The minimum atomic E-state index is -0.605. The highest BCUT2D eigenvalue weighted by molar-refractivity contribution is 6.32. The smallest absolute Gasteiger partial charge is 0.288 e. The fraction of sp³-hybridized carbons (Fsp3) is 0.500. The van der Waals surface area contributed by atoms with E-state index in [9.17, 15) is 14.9 Å². The maximum atomic E-state index is 12.0. The molecule has 1 N–H and O–H groups in total. The number of likely N-dealkylation sites (tertiary alicyclic amines) is 1. The molecule has 0 radical (unpaired) electrons. The molecule has 1 aromatic rings. The van der Waals surface area contributed by atoms with Crippen LogP contribution in [0.25, 0.3) is 0 Å². The molecule has 7 nitrogen and oxygen atoms in total. The monoisotopic (exact) mass is 298 g/mol. The Morgan fingerprint density at radius 3 is 3.05 bits per heavy atom. The number of pyridine rings is 1. The van der Waals surface area contributed by atoms with E-state index in [1.54, 1.807) is 0 Å². The number of nitro groups is 1. The molecule has 2 rings (SSSR count). The van der Waals surface area contributed by atoms with Crippen LogP contribution in [0.3, 0.4) is 0 Å². The molecule has 1 saturated heterocycles. The first-order valence-electron chi connectivity index (χ1n) is 6.24. The molecule has 1 atom stereocenters. The highest BCUT2D eigenvalue weighted by Gasteiger charge is 2.22. The molecule has 1 unspecified atom stereocenters. The van der Waals surface area contributed by atoms with E-state index >= 15 is 0 Å².